The molecule has 4 nitrogen and oxygen atoms in total. The number of hydrogen-bond donors (Lipinski definition) is 2. The Balaban J connectivity index is 2.30. The fraction of sp³-hybridized carbons (Fsp3) is 0.250. The summed E-state index contributed by atoms with van der Waals surface area (Å²) >= 11 is 3.50. The molecule has 0 atom stereocenters. The van der Waals surface area contributed by atoms with Crippen LogP contribution < -0.4 is 10.6 Å². The number of anilines is 2. The second-order valence-electron chi connectivity index (χ2n) is 4.79. The van der Waals surface area contributed by atoms with Crippen LogP contribution >= 0.6 is 15.9 Å². The van der Waals surface area contributed by atoms with Gasteiger partial charge >= 0.3 is 0 Å². The molecule has 5 heteroatoms. The van der Waals surface area contributed by atoms with Gasteiger partial charge in [-0.15, -0.1) is 0 Å². The topological polar surface area (TPSA) is 54.0 Å². The summed E-state index contributed by atoms with van der Waals surface area (Å²) in [5.74, 6) is -0.176. The smallest absolute Gasteiger partial charge is 0.259 e. The number of rotatable bonds is 4. The molecule has 0 aliphatic rings. The Bertz CT molecular complexity index is 671. The van der Waals surface area contributed by atoms with Crippen LogP contribution in [0.2, 0.25) is 0 Å². The summed E-state index contributed by atoms with van der Waals surface area (Å²) in [7, 11) is 0. The molecule has 0 aliphatic carbocycles. The highest BCUT2D eigenvalue weighted by Gasteiger charge is 2.14. The van der Waals surface area contributed by atoms with Gasteiger partial charge in [0.05, 0.1) is 16.9 Å². The minimum absolute atomic E-state index is 0.176. The van der Waals surface area contributed by atoms with Crippen molar-refractivity contribution in [1.29, 1.82) is 0 Å². The SMILES string of the molecule is CCNc1cc(C)ncc1C(=O)Nc1cccc(C)c1Br. The minimum Gasteiger partial charge on any atom is -0.385 e. The number of carbonyl (C=O) groups excluding carboxylic acids is 1. The molecule has 0 saturated carbocycles. The number of benzene rings is 1. The maximum Gasteiger partial charge on any atom is 0.259 e. The van der Waals surface area contributed by atoms with E-state index in [0.29, 0.717) is 5.56 Å². The lowest BCUT2D eigenvalue weighted by Crippen LogP contribution is -2.16. The molecule has 2 N–H and O–H groups in total. The highest BCUT2D eigenvalue weighted by molar-refractivity contribution is 9.10. The summed E-state index contributed by atoms with van der Waals surface area (Å²) in [5.41, 5.74) is 4.03. The van der Waals surface area contributed by atoms with E-state index in [0.717, 1.165) is 33.6 Å². The molecule has 0 radical (unpaired) electrons. The van der Waals surface area contributed by atoms with Gasteiger partial charge in [0, 0.05) is 22.9 Å². The van der Waals surface area contributed by atoms with Crippen LogP contribution in [0.4, 0.5) is 11.4 Å². The summed E-state index contributed by atoms with van der Waals surface area (Å²) < 4.78 is 0.892. The Morgan fingerprint density at radius 1 is 1.29 bits per heavy atom. The molecule has 0 saturated heterocycles. The summed E-state index contributed by atoms with van der Waals surface area (Å²) in [5, 5.41) is 6.12. The van der Waals surface area contributed by atoms with Gasteiger partial charge in [0.25, 0.3) is 5.91 Å². The van der Waals surface area contributed by atoms with Gasteiger partial charge in [-0.25, -0.2) is 0 Å². The zero-order valence-corrected chi connectivity index (χ0v) is 13.9. The Kier molecular flexibility index (Phi) is 4.96. The van der Waals surface area contributed by atoms with Gasteiger partial charge in [-0.1, -0.05) is 12.1 Å². The van der Waals surface area contributed by atoms with Crippen molar-refractivity contribution in [2.24, 2.45) is 0 Å². The van der Waals surface area contributed by atoms with Gasteiger partial charge in [-0.05, 0) is 54.4 Å². The van der Waals surface area contributed by atoms with E-state index in [2.05, 4.69) is 31.5 Å². The van der Waals surface area contributed by atoms with Crippen molar-refractivity contribution < 1.29 is 4.79 Å². The molecule has 0 spiro atoms. The van der Waals surface area contributed by atoms with Gasteiger partial charge in [-0.2, -0.15) is 0 Å². The van der Waals surface area contributed by atoms with Crippen molar-refractivity contribution in [2.45, 2.75) is 20.8 Å². The predicted octanol–water partition coefficient (Wildman–Crippen LogP) is 4.15. The lowest BCUT2D eigenvalue weighted by Gasteiger charge is -2.13. The number of halogens is 1. The summed E-state index contributed by atoms with van der Waals surface area (Å²) in [4.78, 5) is 16.7. The molecule has 21 heavy (non-hydrogen) atoms. The van der Waals surface area contributed by atoms with Crippen LogP contribution in [-0.2, 0) is 0 Å². The average molecular weight is 348 g/mol. The normalized spacial score (nSPS) is 10.3. The summed E-state index contributed by atoms with van der Waals surface area (Å²) in [6.45, 7) is 6.63. The minimum atomic E-state index is -0.176. The van der Waals surface area contributed by atoms with Crippen molar-refractivity contribution >= 4 is 33.2 Å². The lowest BCUT2D eigenvalue weighted by atomic mass is 10.1. The summed E-state index contributed by atoms with van der Waals surface area (Å²) in [6, 6.07) is 7.64. The molecule has 2 aromatic rings. The molecule has 1 heterocycles. The number of aromatic nitrogens is 1. The predicted molar refractivity (Wildman–Crippen MR) is 90.0 cm³/mol. The van der Waals surface area contributed by atoms with Crippen LogP contribution in [0.25, 0.3) is 0 Å². The van der Waals surface area contributed by atoms with Crippen LogP contribution in [0.3, 0.4) is 0 Å². The van der Waals surface area contributed by atoms with Gasteiger partial charge in [0.15, 0.2) is 0 Å². The zero-order chi connectivity index (χ0) is 15.4. The molecule has 1 aromatic heterocycles. The molecule has 0 bridgehead atoms. The second-order valence-corrected chi connectivity index (χ2v) is 5.59. The van der Waals surface area contributed by atoms with Gasteiger partial charge in [-0.3, -0.25) is 9.78 Å². The number of pyridine rings is 1. The molecule has 1 amide bonds. The van der Waals surface area contributed by atoms with E-state index in [1.165, 1.54) is 0 Å². The Labute approximate surface area is 133 Å². The molecule has 1 aromatic carbocycles. The van der Waals surface area contributed by atoms with E-state index < -0.39 is 0 Å². The fourth-order valence-corrected chi connectivity index (χ4v) is 2.37. The first-order valence-corrected chi connectivity index (χ1v) is 7.59. The second kappa shape index (κ2) is 6.72. The molecule has 0 fully saturated rings. The number of hydrogen-bond acceptors (Lipinski definition) is 3. The third kappa shape index (κ3) is 3.61. The Hall–Kier alpha value is -1.88. The largest absolute Gasteiger partial charge is 0.385 e. The van der Waals surface area contributed by atoms with Crippen molar-refractivity contribution in [2.75, 3.05) is 17.2 Å². The van der Waals surface area contributed by atoms with E-state index in [1.54, 1.807) is 6.20 Å². The molecule has 0 unspecified atom stereocenters. The maximum absolute atomic E-state index is 12.5. The molecular formula is C16H18BrN3O. The standard InChI is InChI=1S/C16H18BrN3O/c1-4-18-14-8-11(3)19-9-12(14)16(21)20-13-7-5-6-10(2)15(13)17/h5-9H,4H2,1-3H3,(H,18,19)(H,20,21). The fourth-order valence-electron chi connectivity index (χ4n) is 2.01. The highest BCUT2D eigenvalue weighted by atomic mass is 79.9. The number of nitrogens with zero attached hydrogens (tertiary/aromatic N) is 1. The summed E-state index contributed by atoms with van der Waals surface area (Å²) in [6.07, 6.45) is 1.60. The van der Waals surface area contributed by atoms with Crippen molar-refractivity contribution in [3.05, 3.63) is 51.8 Å². The van der Waals surface area contributed by atoms with E-state index in [4.69, 9.17) is 0 Å². The number of nitrogens with one attached hydrogen (secondary N) is 2. The first-order valence-electron chi connectivity index (χ1n) is 6.80. The molecular weight excluding hydrogens is 330 g/mol. The number of amides is 1. The third-order valence-corrected chi connectivity index (χ3v) is 4.15. The van der Waals surface area contributed by atoms with Crippen molar-refractivity contribution in [3.8, 4) is 0 Å². The number of carbonyl (C=O) groups is 1. The van der Waals surface area contributed by atoms with Crippen LogP contribution in [0, 0.1) is 13.8 Å². The number of aryl methyl sites for hydroxylation is 2. The van der Waals surface area contributed by atoms with Gasteiger partial charge in [0.1, 0.15) is 0 Å². The van der Waals surface area contributed by atoms with Crippen LogP contribution in [-0.4, -0.2) is 17.4 Å². The quantitative estimate of drug-likeness (QED) is 0.873. The maximum atomic E-state index is 12.5. The Morgan fingerprint density at radius 3 is 2.76 bits per heavy atom. The van der Waals surface area contributed by atoms with E-state index in [9.17, 15) is 4.79 Å². The lowest BCUT2D eigenvalue weighted by molar-refractivity contribution is 0.102. The van der Waals surface area contributed by atoms with E-state index in [1.807, 2.05) is 45.0 Å². The van der Waals surface area contributed by atoms with Crippen molar-refractivity contribution in [3.63, 3.8) is 0 Å². The average Bonchev–Trinajstić information content (AvgIpc) is 2.44. The van der Waals surface area contributed by atoms with Gasteiger partial charge < -0.3 is 10.6 Å². The van der Waals surface area contributed by atoms with Gasteiger partial charge in [0.2, 0.25) is 0 Å². The molecule has 0 aliphatic heterocycles. The van der Waals surface area contributed by atoms with Crippen LogP contribution in [0.5, 0.6) is 0 Å². The molecule has 2 rings (SSSR count). The van der Waals surface area contributed by atoms with E-state index >= 15 is 0 Å². The van der Waals surface area contributed by atoms with E-state index in [-0.39, 0.29) is 5.91 Å². The monoisotopic (exact) mass is 347 g/mol. The van der Waals surface area contributed by atoms with Crippen molar-refractivity contribution in [1.82, 2.24) is 4.98 Å². The molecule has 110 valence electrons. The Morgan fingerprint density at radius 2 is 2.05 bits per heavy atom. The van der Waals surface area contributed by atoms with Crippen LogP contribution in [0.15, 0.2) is 34.9 Å². The first kappa shape index (κ1) is 15.5. The first-order chi connectivity index (χ1) is 10.0. The third-order valence-electron chi connectivity index (χ3n) is 3.09. The van der Waals surface area contributed by atoms with Crippen LogP contribution in [0.1, 0.15) is 28.5 Å². The zero-order valence-electron chi connectivity index (χ0n) is 12.3. The highest BCUT2D eigenvalue weighted by Crippen LogP contribution is 2.27.